The van der Waals surface area contributed by atoms with Gasteiger partial charge in [-0.25, -0.2) is 27.1 Å². The van der Waals surface area contributed by atoms with Crippen LogP contribution in [-0.4, -0.2) is 14.5 Å². The molecule has 0 N–H and O–H groups in total. The van der Waals surface area contributed by atoms with Crippen LogP contribution in [0.4, 0.5) is 17.6 Å². The van der Waals surface area contributed by atoms with Crippen LogP contribution < -0.4 is 10.3 Å². The zero-order chi connectivity index (χ0) is 19.1. The van der Waals surface area contributed by atoms with Crippen LogP contribution in [0.15, 0.2) is 46.7 Å². The van der Waals surface area contributed by atoms with Gasteiger partial charge in [0, 0.05) is 12.1 Å². The highest BCUT2D eigenvalue weighted by Gasteiger charge is 2.18. The summed E-state index contributed by atoms with van der Waals surface area (Å²) in [5.41, 5.74) is 1.02. The molecule has 2 aromatic heterocycles. The van der Waals surface area contributed by atoms with Gasteiger partial charge in [-0.3, -0.25) is 4.79 Å². The van der Waals surface area contributed by atoms with E-state index in [-0.39, 0.29) is 22.0 Å². The fourth-order valence-corrected chi connectivity index (χ4v) is 3.02. The first-order chi connectivity index (χ1) is 12.9. The van der Waals surface area contributed by atoms with E-state index >= 15 is 0 Å². The molecule has 0 aliphatic rings. The highest BCUT2D eigenvalue weighted by molar-refractivity contribution is 7.16. The Morgan fingerprint density at radius 2 is 1.67 bits per heavy atom. The second-order valence-electron chi connectivity index (χ2n) is 5.32. The van der Waals surface area contributed by atoms with Crippen molar-refractivity contribution in [1.29, 1.82) is 0 Å². The SMILES string of the molecule is O=c1c2ncsc2nc(Oc2cc(F)c(F)c(F)c2)n1-c1ccc(F)cc1. The van der Waals surface area contributed by atoms with Crippen molar-refractivity contribution in [3.05, 3.63) is 75.5 Å². The summed E-state index contributed by atoms with van der Waals surface area (Å²) < 4.78 is 59.6. The van der Waals surface area contributed by atoms with Gasteiger partial charge in [-0.15, -0.1) is 11.3 Å². The number of hydrogen-bond donors (Lipinski definition) is 0. The molecule has 0 unspecified atom stereocenters. The highest BCUT2D eigenvalue weighted by atomic mass is 32.1. The van der Waals surface area contributed by atoms with Gasteiger partial charge in [0.05, 0.1) is 11.2 Å². The van der Waals surface area contributed by atoms with Crippen LogP contribution in [-0.2, 0) is 0 Å². The average molecular weight is 393 g/mol. The Labute approximate surface area is 152 Å². The quantitative estimate of drug-likeness (QED) is 0.387. The fourth-order valence-electron chi connectivity index (χ4n) is 2.38. The molecule has 0 saturated carbocycles. The molecule has 2 heterocycles. The number of fused-ring (bicyclic) bond motifs is 1. The number of thiazole rings is 1. The second-order valence-corrected chi connectivity index (χ2v) is 6.15. The number of nitrogens with zero attached hydrogens (tertiary/aromatic N) is 3. The van der Waals surface area contributed by atoms with E-state index in [0.29, 0.717) is 12.1 Å². The summed E-state index contributed by atoms with van der Waals surface area (Å²) in [5.74, 6) is -5.50. The minimum Gasteiger partial charge on any atom is -0.425 e. The van der Waals surface area contributed by atoms with Crippen LogP contribution >= 0.6 is 11.3 Å². The number of aromatic nitrogens is 3. The normalized spacial score (nSPS) is 11.1. The molecule has 27 heavy (non-hydrogen) atoms. The van der Waals surface area contributed by atoms with Gasteiger partial charge in [-0.05, 0) is 24.3 Å². The predicted molar refractivity (Wildman–Crippen MR) is 89.4 cm³/mol. The molecule has 0 aliphatic heterocycles. The van der Waals surface area contributed by atoms with E-state index < -0.39 is 34.6 Å². The molecule has 0 fully saturated rings. The van der Waals surface area contributed by atoms with E-state index in [0.717, 1.165) is 28.0 Å². The minimum atomic E-state index is -1.65. The van der Waals surface area contributed by atoms with E-state index in [2.05, 4.69) is 9.97 Å². The van der Waals surface area contributed by atoms with Gasteiger partial charge in [0.1, 0.15) is 11.6 Å². The Hall–Kier alpha value is -3.27. The van der Waals surface area contributed by atoms with Crippen LogP contribution in [0.1, 0.15) is 0 Å². The Morgan fingerprint density at radius 3 is 2.33 bits per heavy atom. The lowest BCUT2D eigenvalue weighted by Crippen LogP contribution is -2.21. The van der Waals surface area contributed by atoms with Crippen molar-refractivity contribution in [2.75, 3.05) is 0 Å². The maximum Gasteiger partial charge on any atom is 0.311 e. The van der Waals surface area contributed by atoms with E-state index in [1.54, 1.807) is 0 Å². The molecule has 0 bridgehead atoms. The maximum atomic E-state index is 13.5. The molecule has 0 spiro atoms. The number of hydrogen-bond acceptors (Lipinski definition) is 5. The molecule has 4 rings (SSSR count). The summed E-state index contributed by atoms with van der Waals surface area (Å²) >= 11 is 1.06. The van der Waals surface area contributed by atoms with Gasteiger partial charge in [-0.2, -0.15) is 4.98 Å². The first-order valence-electron chi connectivity index (χ1n) is 7.38. The average Bonchev–Trinajstić information content (AvgIpc) is 3.10. The standard InChI is InChI=1S/C17H7F4N3O2S/c18-8-1-3-9(4-2-8)24-16(25)14-15(27-7-22-14)23-17(24)26-10-5-11(19)13(21)12(20)6-10/h1-7H. The van der Waals surface area contributed by atoms with Gasteiger partial charge in [0.25, 0.3) is 5.56 Å². The Balaban J connectivity index is 1.92. The minimum absolute atomic E-state index is 0.0492. The first kappa shape index (κ1) is 17.2. The molecule has 0 radical (unpaired) electrons. The van der Waals surface area contributed by atoms with Crippen LogP contribution in [0, 0.1) is 23.3 Å². The number of ether oxygens (including phenoxy) is 1. The topological polar surface area (TPSA) is 57.0 Å². The molecule has 136 valence electrons. The van der Waals surface area contributed by atoms with Crippen LogP contribution in [0.25, 0.3) is 16.0 Å². The summed E-state index contributed by atoms with van der Waals surface area (Å²) in [6, 6.07) is 5.74. The fraction of sp³-hybridized carbons (Fsp3) is 0. The number of rotatable bonds is 3. The third kappa shape index (κ3) is 3.04. The summed E-state index contributed by atoms with van der Waals surface area (Å²) in [4.78, 5) is 21.1. The molecular weight excluding hydrogens is 386 g/mol. The molecule has 5 nitrogen and oxygen atoms in total. The van der Waals surface area contributed by atoms with E-state index in [4.69, 9.17) is 4.74 Å². The molecule has 4 aromatic rings. The summed E-state index contributed by atoms with van der Waals surface area (Å²) in [5, 5.41) is 0. The van der Waals surface area contributed by atoms with Crippen LogP contribution in [0.5, 0.6) is 11.8 Å². The maximum absolute atomic E-state index is 13.5. The molecule has 10 heteroatoms. The van der Waals surface area contributed by atoms with Crippen molar-refractivity contribution in [3.8, 4) is 17.4 Å². The number of halogens is 4. The van der Waals surface area contributed by atoms with Gasteiger partial charge in [-0.1, -0.05) is 0 Å². The molecular formula is C17H7F4N3O2S. The van der Waals surface area contributed by atoms with Gasteiger partial charge in [0.2, 0.25) is 0 Å². The van der Waals surface area contributed by atoms with Crippen molar-refractivity contribution in [2.45, 2.75) is 0 Å². The monoisotopic (exact) mass is 393 g/mol. The molecule has 0 aliphatic carbocycles. The van der Waals surface area contributed by atoms with E-state index in [9.17, 15) is 22.4 Å². The van der Waals surface area contributed by atoms with Gasteiger partial charge < -0.3 is 4.74 Å². The van der Waals surface area contributed by atoms with E-state index in [1.165, 1.54) is 17.6 Å². The van der Waals surface area contributed by atoms with Gasteiger partial charge >= 0.3 is 6.01 Å². The summed E-state index contributed by atoms with van der Waals surface area (Å²) in [7, 11) is 0. The van der Waals surface area contributed by atoms with Crippen LogP contribution in [0.2, 0.25) is 0 Å². The summed E-state index contributed by atoms with van der Waals surface area (Å²) in [6.45, 7) is 0. The molecule has 2 aromatic carbocycles. The van der Waals surface area contributed by atoms with E-state index in [1.807, 2.05) is 0 Å². The molecule has 0 atom stereocenters. The summed E-state index contributed by atoms with van der Waals surface area (Å²) in [6.07, 6.45) is 0. The molecule has 0 amide bonds. The third-order valence-corrected chi connectivity index (χ3v) is 4.31. The third-order valence-electron chi connectivity index (χ3n) is 3.59. The Kier molecular flexibility index (Phi) is 4.11. The van der Waals surface area contributed by atoms with Crippen LogP contribution in [0.3, 0.4) is 0 Å². The second kappa shape index (κ2) is 6.47. The van der Waals surface area contributed by atoms with Gasteiger partial charge in [0.15, 0.2) is 27.8 Å². The zero-order valence-corrected chi connectivity index (χ0v) is 13.9. The first-order valence-corrected chi connectivity index (χ1v) is 8.26. The van der Waals surface area contributed by atoms with Crippen molar-refractivity contribution in [3.63, 3.8) is 0 Å². The predicted octanol–water partition coefficient (Wildman–Crippen LogP) is 4.19. The molecule has 0 saturated heterocycles. The Bertz CT molecular complexity index is 1200. The smallest absolute Gasteiger partial charge is 0.311 e. The lowest BCUT2D eigenvalue weighted by atomic mass is 10.3. The van der Waals surface area contributed by atoms with Crippen molar-refractivity contribution in [1.82, 2.24) is 14.5 Å². The number of benzene rings is 2. The lowest BCUT2D eigenvalue weighted by molar-refractivity contribution is 0.401. The highest BCUT2D eigenvalue weighted by Crippen LogP contribution is 2.27. The van der Waals surface area contributed by atoms with Crippen molar-refractivity contribution >= 4 is 21.7 Å². The van der Waals surface area contributed by atoms with Crippen molar-refractivity contribution < 1.29 is 22.3 Å². The van der Waals surface area contributed by atoms with Crippen molar-refractivity contribution in [2.24, 2.45) is 0 Å². The Morgan fingerprint density at radius 1 is 1.00 bits per heavy atom. The lowest BCUT2D eigenvalue weighted by Gasteiger charge is -2.13. The zero-order valence-electron chi connectivity index (χ0n) is 13.1. The largest absolute Gasteiger partial charge is 0.425 e.